The molecule has 200 valence electrons. The molecule has 3 aromatic rings. The lowest BCUT2D eigenvalue weighted by Gasteiger charge is -2.40. The standard InChI is InChI=1S/C29H33ClN4O3S/c1-3-38-27-23(8-6-14-31-27)28(35)33-15-10-20(11-16-33)21-12-17-34(18-13-21)29(36)25-19(2)37-32-26(25)22-7-4-5-9-24(22)30/h4-9,14,20-21H,3,10-13,15-18H2,1-2H3. The van der Waals surface area contributed by atoms with Crippen molar-refractivity contribution in [2.75, 3.05) is 31.9 Å². The Morgan fingerprint density at radius 3 is 2.24 bits per heavy atom. The molecule has 2 aromatic heterocycles. The average Bonchev–Trinajstić information content (AvgIpc) is 3.34. The minimum absolute atomic E-state index is 0.0465. The summed E-state index contributed by atoms with van der Waals surface area (Å²) in [7, 11) is 0. The molecule has 9 heteroatoms. The van der Waals surface area contributed by atoms with Crippen LogP contribution < -0.4 is 0 Å². The molecule has 4 heterocycles. The van der Waals surface area contributed by atoms with Gasteiger partial charge in [0.1, 0.15) is 22.0 Å². The fourth-order valence-electron chi connectivity index (χ4n) is 5.74. The Hall–Kier alpha value is -2.84. The Morgan fingerprint density at radius 1 is 0.974 bits per heavy atom. The van der Waals surface area contributed by atoms with E-state index in [2.05, 4.69) is 17.1 Å². The third-order valence-electron chi connectivity index (χ3n) is 7.81. The van der Waals surface area contributed by atoms with E-state index < -0.39 is 0 Å². The maximum Gasteiger partial charge on any atom is 0.259 e. The van der Waals surface area contributed by atoms with E-state index in [1.54, 1.807) is 30.9 Å². The number of benzene rings is 1. The van der Waals surface area contributed by atoms with E-state index in [1.165, 1.54) is 0 Å². The van der Waals surface area contributed by atoms with Crippen molar-refractivity contribution in [3.05, 3.63) is 64.5 Å². The van der Waals surface area contributed by atoms with E-state index in [4.69, 9.17) is 16.1 Å². The topological polar surface area (TPSA) is 79.5 Å². The number of nitrogens with zero attached hydrogens (tertiary/aromatic N) is 4. The van der Waals surface area contributed by atoms with Crippen LogP contribution in [0, 0.1) is 18.8 Å². The van der Waals surface area contributed by atoms with E-state index >= 15 is 0 Å². The first-order chi connectivity index (χ1) is 18.5. The van der Waals surface area contributed by atoms with Crippen LogP contribution in [0.25, 0.3) is 11.3 Å². The zero-order valence-corrected chi connectivity index (χ0v) is 23.4. The first-order valence-corrected chi connectivity index (χ1v) is 14.7. The van der Waals surface area contributed by atoms with Gasteiger partial charge in [-0.1, -0.05) is 41.9 Å². The van der Waals surface area contributed by atoms with Gasteiger partial charge in [-0.05, 0) is 68.4 Å². The summed E-state index contributed by atoms with van der Waals surface area (Å²) in [6.45, 7) is 6.82. The summed E-state index contributed by atoms with van der Waals surface area (Å²) in [5.74, 6) is 2.58. The van der Waals surface area contributed by atoms with Crippen molar-refractivity contribution in [3.63, 3.8) is 0 Å². The molecule has 2 fully saturated rings. The highest BCUT2D eigenvalue weighted by Gasteiger charge is 2.34. The number of thioether (sulfide) groups is 1. The smallest absolute Gasteiger partial charge is 0.259 e. The fraction of sp³-hybridized carbons (Fsp3) is 0.448. The van der Waals surface area contributed by atoms with Crippen molar-refractivity contribution in [1.29, 1.82) is 0 Å². The van der Waals surface area contributed by atoms with Crippen LogP contribution in [0.3, 0.4) is 0 Å². The molecule has 0 bridgehead atoms. The lowest BCUT2D eigenvalue weighted by Crippen LogP contribution is -2.44. The number of piperidine rings is 2. The summed E-state index contributed by atoms with van der Waals surface area (Å²) >= 11 is 8.00. The van der Waals surface area contributed by atoms with Crippen LogP contribution in [0.1, 0.15) is 59.1 Å². The molecule has 5 rings (SSSR count). The van der Waals surface area contributed by atoms with E-state index in [1.807, 2.05) is 40.1 Å². The second-order valence-electron chi connectivity index (χ2n) is 9.99. The lowest BCUT2D eigenvalue weighted by atomic mass is 9.78. The number of pyridine rings is 1. The summed E-state index contributed by atoms with van der Waals surface area (Å²) in [5.41, 5.74) is 2.42. The summed E-state index contributed by atoms with van der Waals surface area (Å²) in [5, 5.41) is 5.53. The van der Waals surface area contributed by atoms with Gasteiger partial charge in [-0.3, -0.25) is 9.59 Å². The SMILES string of the molecule is CCSc1ncccc1C(=O)N1CCC(C2CCN(C(=O)c3c(-c4ccccc4Cl)noc3C)CC2)CC1. The van der Waals surface area contributed by atoms with E-state index in [0.29, 0.717) is 58.1 Å². The van der Waals surface area contributed by atoms with Crippen molar-refractivity contribution >= 4 is 35.2 Å². The van der Waals surface area contributed by atoms with Crippen LogP contribution in [0.5, 0.6) is 0 Å². The van der Waals surface area contributed by atoms with Gasteiger partial charge in [0.2, 0.25) is 0 Å². The first-order valence-electron chi connectivity index (χ1n) is 13.4. The highest BCUT2D eigenvalue weighted by molar-refractivity contribution is 7.99. The number of aryl methyl sites for hydroxylation is 1. The molecule has 38 heavy (non-hydrogen) atoms. The number of carbonyl (C=O) groups excluding carboxylic acids is 2. The van der Waals surface area contributed by atoms with Gasteiger partial charge >= 0.3 is 0 Å². The van der Waals surface area contributed by atoms with Crippen LogP contribution in [0.15, 0.2) is 52.1 Å². The molecule has 0 unspecified atom stereocenters. The van der Waals surface area contributed by atoms with E-state index in [0.717, 1.165) is 49.6 Å². The van der Waals surface area contributed by atoms with E-state index in [-0.39, 0.29) is 11.8 Å². The van der Waals surface area contributed by atoms with Gasteiger partial charge in [-0.25, -0.2) is 4.98 Å². The Balaban J connectivity index is 1.17. The Morgan fingerprint density at radius 2 is 1.61 bits per heavy atom. The van der Waals surface area contributed by atoms with Gasteiger partial charge in [0.15, 0.2) is 0 Å². The van der Waals surface area contributed by atoms with Crippen molar-refractivity contribution in [1.82, 2.24) is 19.9 Å². The lowest BCUT2D eigenvalue weighted by molar-refractivity contribution is 0.0534. The third kappa shape index (κ3) is 5.47. The van der Waals surface area contributed by atoms with Gasteiger partial charge in [-0.15, -0.1) is 11.8 Å². The molecule has 7 nitrogen and oxygen atoms in total. The predicted molar refractivity (Wildman–Crippen MR) is 150 cm³/mol. The summed E-state index contributed by atoms with van der Waals surface area (Å²) < 4.78 is 5.42. The zero-order chi connectivity index (χ0) is 26.6. The number of amides is 2. The van der Waals surface area contributed by atoms with Crippen LogP contribution in [0.2, 0.25) is 5.02 Å². The molecular weight excluding hydrogens is 520 g/mol. The van der Waals surface area contributed by atoms with Crippen molar-refractivity contribution < 1.29 is 14.1 Å². The van der Waals surface area contributed by atoms with Crippen molar-refractivity contribution in [2.45, 2.75) is 44.6 Å². The largest absolute Gasteiger partial charge is 0.360 e. The number of aromatic nitrogens is 2. The van der Waals surface area contributed by atoms with Crippen molar-refractivity contribution in [2.24, 2.45) is 11.8 Å². The van der Waals surface area contributed by atoms with Crippen LogP contribution in [-0.2, 0) is 0 Å². The average molecular weight is 553 g/mol. The molecule has 2 aliphatic heterocycles. The minimum atomic E-state index is -0.0465. The first kappa shape index (κ1) is 26.8. The Kier molecular flexibility index (Phi) is 8.39. The maximum absolute atomic E-state index is 13.5. The normalized spacial score (nSPS) is 17.1. The van der Waals surface area contributed by atoms with Gasteiger partial charge < -0.3 is 14.3 Å². The van der Waals surface area contributed by atoms with Gasteiger partial charge in [0.25, 0.3) is 11.8 Å². The highest BCUT2D eigenvalue weighted by atomic mass is 35.5. The summed E-state index contributed by atoms with van der Waals surface area (Å²) in [6.07, 6.45) is 5.69. The molecule has 0 aliphatic carbocycles. The van der Waals surface area contributed by atoms with Gasteiger partial charge in [-0.2, -0.15) is 0 Å². The van der Waals surface area contributed by atoms with Crippen LogP contribution in [0.4, 0.5) is 0 Å². The van der Waals surface area contributed by atoms with E-state index in [9.17, 15) is 9.59 Å². The number of hydrogen-bond acceptors (Lipinski definition) is 6. The predicted octanol–water partition coefficient (Wildman–Crippen LogP) is 6.22. The van der Waals surface area contributed by atoms with Gasteiger partial charge in [0.05, 0.1) is 10.6 Å². The molecule has 2 aliphatic rings. The molecular formula is C29H33ClN4O3S. The second-order valence-corrected chi connectivity index (χ2v) is 11.7. The highest BCUT2D eigenvalue weighted by Crippen LogP contribution is 2.36. The monoisotopic (exact) mass is 552 g/mol. The number of halogens is 1. The molecule has 2 saturated heterocycles. The quantitative estimate of drug-likeness (QED) is 0.338. The molecule has 1 aromatic carbocycles. The third-order valence-corrected chi connectivity index (χ3v) is 9.03. The number of carbonyl (C=O) groups is 2. The maximum atomic E-state index is 13.5. The summed E-state index contributed by atoms with van der Waals surface area (Å²) in [6, 6.07) is 11.1. The Bertz CT molecular complexity index is 1300. The fourth-order valence-corrected chi connectivity index (χ4v) is 6.69. The van der Waals surface area contributed by atoms with Crippen LogP contribution >= 0.6 is 23.4 Å². The number of likely N-dealkylation sites (tertiary alicyclic amines) is 2. The zero-order valence-electron chi connectivity index (χ0n) is 21.9. The minimum Gasteiger partial charge on any atom is -0.360 e. The Labute approximate surface area is 232 Å². The summed E-state index contributed by atoms with van der Waals surface area (Å²) in [4.78, 5) is 35.0. The molecule has 0 N–H and O–H groups in total. The van der Waals surface area contributed by atoms with Crippen LogP contribution in [-0.4, -0.2) is 63.7 Å². The molecule has 2 amide bonds. The molecule has 0 spiro atoms. The molecule has 0 atom stereocenters. The van der Waals surface area contributed by atoms with Gasteiger partial charge in [0, 0.05) is 37.9 Å². The number of hydrogen-bond donors (Lipinski definition) is 0. The second kappa shape index (κ2) is 11.9. The molecule has 0 radical (unpaired) electrons. The molecule has 0 saturated carbocycles. The number of rotatable bonds is 6. The van der Waals surface area contributed by atoms with Crippen molar-refractivity contribution in [3.8, 4) is 11.3 Å².